The van der Waals surface area contributed by atoms with E-state index in [4.69, 9.17) is 0 Å². The quantitative estimate of drug-likeness (QED) is 0.694. The number of nitrogens with zero attached hydrogens (tertiary/aromatic N) is 3. The molecular weight excluding hydrogens is 379 g/mol. The van der Waals surface area contributed by atoms with Gasteiger partial charge in [-0.05, 0) is 37.6 Å². The van der Waals surface area contributed by atoms with Crippen molar-refractivity contribution in [1.82, 2.24) is 14.3 Å². The van der Waals surface area contributed by atoms with E-state index in [1.165, 1.54) is 33.8 Å². The molecule has 0 aliphatic heterocycles. The average Bonchev–Trinajstić information content (AvgIpc) is 3.20. The first-order chi connectivity index (χ1) is 12.3. The molecule has 138 valence electrons. The lowest BCUT2D eigenvalue weighted by atomic mass is 10.2. The summed E-state index contributed by atoms with van der Waals surface area (Å²) >= 11 is 1.01. The first-order valence-electron chi connectivity index (χ1n) is 7.75. The Balaban J connectivity index is 1.93. The van der Waals surface area contributed by atoms with Crippen molar-refractivity contribution in [2.75, 3.05) is 4.72 Å². The molecule has 7 nitrogen and oxygen atoms in total. The van der Waals surface area contributed by atoms with Crippen LogP contribution in [0.3, 0.4) is 0 Å². The van der Waals surface area contributed by atoms with Crippen molar-refractivity contribution < 1.29 is 12.8 Å². The fourth-order valence-electron chi connectivity index (χ4n) is 2.33. The largest absolute Gasteiger partial charge is 0.307 e. The minimum absolute atomic E-state index is 0.00850. The molecule has 0 saturated carbocycles. The van der Waals surface area contributed by atoms with Crippen molar-refractivity contribution in [2.24, 2.45) is 0 Å². The van der Waals surface area contributed by atoms with Gasteiger partial charge in [0.25, 0.3) is 10.0 Å². The molecule has 1 aromatic carbocycles. The lowest BCUT2D eigenvalue weighted by Gasteiger charge is -2.12. The summed E-state index contributed by atoms with van der Waals surface area (Å²) in [4.78, 5) is 11.5. The van der Waals surface area contributed by atoms with E-state index in [0.29, 0.717) is 5.56 Å². The molecule has 1 N–H and O–H groups in total. The van der Waals surface area contributed by atoms with Crippen molar-refractivity contribution in [2.45, 2.75) is 31.3 Å². The fraction of sp³-hybridized carbons (Fsp3) is 0.250. The summed E-state index contributed by atoms with van der Waals surface area (Å²) in [7, 11) is -3.89. The summed E-state index contributed by atoms with van der Waals surface area (Å²) < 4.78 is 44.3. The first-order valence-corrected chi connectivity index (χ1v) is 10.1. The molecule has 26 heavy (non-hydrogen) atoms. The molecule has 0 spiro atoms. The number of thiazole rings is 1. The SMILES string of the molecule is CC(C)n1cc(S(=O)(=O)Nc2ccc(F)cc2Cn2ccsc2=O)cn1. The van der Waals surface area contributed by atoms with Crippen molar-refractivity contribution in [1.29, 1.82) is 0 Å². The maximum absolute atomic E-state index is 13.6. The van der Waals surface area contributed by atoms with Crippen LogP contribution < -0.4 is 9.60 Å². The summed E-state index contributed by atoms with van der Waals surface area (Å²) in [5.74, 6) is -0.515. The minimum atomic E-state index is -3.89. The molecule has 0 unspecified atom stereocenters. The van der Waals surface area contributed by atoms with Crippen LogP contribution >= 0.6 is 11.3 Å². The van der Waals surface area contributed by atoms with Gasteiger partial charge in [-0.25, -0.2) is 12.8 Å². The van der Waals surface area contributed by atoms with E-state index in [2.05, 4.69) is 9.82 Å². The summed E-state index contributed by atoms with van der Waals surface area (Å²) in [6.07, 6.45) is 4.26. The molecule has 3 rings (SSSR count). The van der Waals surface area contributed by atoms with Crippen LogP contribution in [0, 0.1) is 5.82 Å². The summed E-state index contributed by atoms with van der Waals surface area (Å²) in [5, 5.41) is 5.64. The Labute approximate surface area is 153 Å². The van der Waals surface area contributed by atoms with Crippen LogP contribution in [0.2, 0.25) is 0 Å². The van der Waals surface area contributed by atoms with Gasteiger partial charge in [0.15, 0.2) is 0 Å². The van der Waals surface area contributed by atoms with Gasteiger partial charge >= 0.3 is 4.87 Å². The van der Waals surface area contributed by atoms with Crippen molar-refractivity contribution in [3.8, 4) is 0 Å². The van der Waals surface area contributed by atoms with Crippen LogP contribution in [0.1, 0.15) is 25.5 Å². The van der Waals surface area contributed by atoms with Crippen LogP contribution in [-0.4, -0.2) is 22.8 Å². The molecule has 0 amide bonds. The number of halogens is 1. The van der Waals surface area contributed by atoms with Crippen LogP contribution in [0.4, 0.5) is 10.1 Å². The van der Waals surface area contributed by atoms with Gasteiger partial charge in [0, 0.05) is 23.8 Å². The highest BCUT2D eigenvalue weighted by Crippen LogP contribution is 2.22. The smallest absolute Gasteiger partial charge is 0.301 e. The van der Waals surface area contributed by atoms with E-state index in [-0.39, 0.29) is 28.0 Å². The normalized spacial score (nSPS) is 11.8. The highest BCUT2D eigenvalue weighted by molar-refractivity contribution is 7.92. The molecule has 10 heteroatoms. The van der Waals surface area contributed by atoms with E-state index in [1.54, 1.807) is 11.6 Å². The molecule has 0 saturated heterocycles. The first kappa shape index (κ1) is 18.3. The molecule has 0 fully saturated rings. The Bertz CT molecular complexity index is 1080. The maximum Gasteiger partial charge on any atom is 0.307 e. The number of sulfonamides is 1. The topological polar surface area (TPSA) is 86.0 Å². The number of hydrogen-bond donors (Lipinski definition) is 1. The molecule has 0 aliphatic rings. The van der Waals surface area contributed by atoms with Crippen molar-refractivity contribution in [3.05, 3.63) is 63.2 Å². The highest BCUT2D eigenvalue weighted by Gasteiger charge is 2.19. The second-order valence-electron chi connectivity index (χ2n) is 5.95. The number of aromatic nitrogens is 3. The van der Waals surface area contributed by atoms with Crippen molar-refractivity contribution in [3.63, 3.8) is 0 Å². The number of hydrogen-bond acceptors (Lipinski definition) is 5. The highest BCUT2D eigenvalue weighted by atomic mass is 32.2. The molecule has 2 aromatic heterocycles. The lowest BCUT2D eigenvalue weighted by Crippen LogP contribution is -2.17. The van der Waals surface area contributed by atoms with Gasteiger partial charge in [-0.3, -0.25) is 14.2 Å². The van der Waals surface area contributed by atoms with Gasteiger partial charge in [-0.1, -0.05) is 11.3 Å². The minimum Gasteiger partial charge on any atom is -0.301 e. The Morgan fingerprint density at radius 2 is 2.12 bits per heavy atom. The van der Waals surface area contributed by atoms with Crippen LogP contribution in [-0.2, 0) is 16.6 Å². The van der Waals surface area contributed by atoms with Crippen LogP contribution in [0.25, 0.3) is 0 Å². The van der Waals surface area contributed by atoms with Crippen LogP contribution in [0.15, 0.2) is 51.9 Å². The molecule has 3 aromatic rings. The second-order valence-corrected chi connectivity index (χ2v) is 8.49. The van der Waals surface area contributed by atoms with Gasteiger partial charge in [0.05, 0.1) is 18.4 Å². The monoisotopic (exact) mass is 396 g/mol. The van der Waals surface area contributed by atoms with Crippen molar-refractivity contribution >= 4 is 27.0 Å². The molecule has 0 bridgehead atoms. The number of rotatable bonds is 6. The second kappa shape index (κ2) is 7.04. The van der Waals surface area contributed by atoms with Gasteiger partial charge in [0.2, 0.25) is 0 Å². The lowest BCUT2D eigenvalue weighted by molar-refractivity contribution is 0.531. The Kier molecular flexibility index (Phi) is 4.97. The molecule has 0 atom stereocenters. The van der Waals surface area contributed by atoms with Gasteiger partial charge in [-0.2, -0.15) is 5.10 Å². The maximum atomic E-state index is 13.6. The third-order valence-corrected chi connectivity index (χ3v) is 5.73. The number of anilines is 1. The Hall–Kier alpha value is -2.46. The fourth-order valence-corrected chi connectivity index (χ4v) is 3.95. The van der Waals surface area contributed by atoms with E-state index < -0.39 is 15.8 Å². The molecule has 2 heterocycles. The zero-order chi connectivity index (χ0) is 18.9. The van der Waals surface area contributed by atoms with Crippen LogP contribution in [0.5, 0.6) is 0 Å². The van der Waals surface area contributed by atoms with Gasteiger partial charge in [-0.15, -0.1) is 0 Å². The van der Waals surface area contributed by atoms with E-state index >= 15 is 0 Å². The Morgan fingerprint density at radius 1 is 1.35 bits per heavy atom. The van der Waals surface area contributed by atoms with Gasteiger partial charge in [0.1, 0.15) is 10.7 Å². The third kappa shape index (κ3) is 3.86. The number of nitrogens with one attached hydrogen (secondary N) is 1. The zero-order valence-electron chi connectivity index (χ0n) is 14.1. The van der Waals surface area contributed by atoms with E-state index in [1.807, 2.05) is 13.8 Å². The van der Waals surface area contributed by atoms with E-state index in [0.717, 1.165) is 17.4 Å². The third-order valence-electron chi connectivity index (χ3n) is 3.71. The summed E-state index contributed by atoms with van der Waals surface area (Å²) in [6.45, 7) is 3.82. The summed E-state index contributed by atoms with van der Waals surface area (Å²) in [5.41, 5.74) is 0.562. The van der Waals surface area contributed by atoms with E-state index in [9.17, 15) is 17.6 Å². The zero-order valence-corrected chi connectivity index (χ0v) is 15.7. The predicted molar refractivity (Wildman–Crippen MR) is 97.5 cm³/mol. The summed E-state index contributed by atoms with van der Waals surface area (Å²) in [6, 6.07) is 3.73. The van der Waals surface area contributed by atoms with Gasteiger partial charge < -0.3 is 4.57 Å². The molecular formula is C16H17FN4O3S2. The predicted octanol–water partition coefficient (Wildman–Crippen LogP) is 2.68. The average molecular weight is 396 g/mol. The molecule has 0 aliphatic carbocycles. The molecule has 0 radical (unpaired) electrons. The standard InChI is InChI=1S/C16H17FN4O3S2/c1-11(2)21-10-14(8-18-21)26(23,24)19-15-4-3-13(17)7-12(15)9-20-5-6-25-16(20)22/h3-8,10-11,19H,9H2,1-2H3. The number of benzene rings is 1. The Morgan fingerprint density at radius 3 is 2.73 bits per heavy atom.